The van der Waals surface area contributed by atoms with Crippen LogP contribution in [0.2, 0.25) is 0 Å². The highest BCUT2D eigenvalue weighted by Crippen LogP contribution is 2.34. The molecule has 2 rings (SSSR count). The number of rotatable bonds is 5. The lowest BCUT2D eigenvalue weighted by atomic mass is 10.2. The summed E-state index contributed by atoms with van der Waals surface area (Å²) in [5.41, 5.74) is 0.321. The maximum atomic E-state index is 11.4. The van der Waals surface area contributed by atoms with Crippen molar-refractivity contribution >= 4 is 29.5 Å². The summed E-state index contributed by atoms with van der Waals surface area (Å²) in [5, 5.41) is 16.7. The number of H-pyrrole nitrogens is 1. The Labute approximate surface area is 119 Å². The highest BCUT2D eigenvalue weighted by molar-refractivity contribution is 8.00. The van der Waals surface area contributed by atoms with Crippen molar-refractivity contribution in [2.24, 2.45) is 0 Å². The second-order valence-electron chi connectivity index (χ2n) is 3.67. The second kappa shape index (κ2) is 6.12. The van der Waals surface area contributed by atoms with Gasteiger partial charge in [0.25, 0.3) is 0 Å². The number of aromatic amines is 1. The topological polar surface area (TPSA) is 78.9 Å². The maximum absolute atomic E-state index is 11.4. The third-order valence-corrected chi connectivity index (χ3v) is 4.14. The number of nitrogens with one attached hydrogen (secondary N) is 1. The van der Waals surface area contributed by atoms with E-state index in [-0.39, 0.29) is 0 Å². The number of benzene rings is 1. The molecule has 2 N–H and O–H groups in total. The van der Waals surface area contributed by atoms with Gasteiger partial charge in [-0.2, -0.15) is 0 Å². The molecule has 0 aliphatic rings. The fourth-order valence-electron chi connectivity index (χ4n) is 1.55. The van der Waals surface area contributed by atoms with Gasteiger partial charge in [0.15, 0.2) is 0 Å². The molecule has 100 valence electrons. The molecule has 0 radical (unpaired) electrons. The summed E-state index contributed by atoms with van der Waals surface area (Å²) in [6, 6.07) is 5.46. The molecule has 1 aromatic carbocycles. The SMILES string of the molecule is CCSc1cccc(Sc2n[nH]c(C)n2)c1C(=O)O. The van der Waals surface area contributed by atoms with Crippen molar-refractivity contribution in [2.75, 3.05) is 5.75 Å². The van der Waals surface area contributed by atoms with Crippen LogP contribution in [0.25, 0.3) is 0 Å². The third-order valence-electron chi connectivity index (χ3n) is 2.28. The smallest absolute Gasteiger partial charge is 0.337 e. The predicted molar refractivity (Wildman–Crippen MR) is 75.0 cm³/mol. The van der Waals surface area contributed by atoms with Crippen LogP contribution in [0.3, 0.4) is 0 Å². The van der Waals surface area contributed by atoms with Crippen molar-refractivity contribution in [3.8, 4) is 0 Å². The van der Waals surface area contributed by atoms with E-state index >= 15 is 0 Å². The molecule has 0 amide bonds. The summed E-state index contributed by atoms with van der Waals surface area (Å²) >= 11 is 2.77. The lowest BCUT2D eigenvalue weighted by Crippen LogP contribution is -2.01. The first-order chi connectivity index (χ1) is 9.11. The van der Waals surface area contributed by atoms with E-state index in [0.717, 1.165) is 10.6 Å². The van der Waals surface area contributed by atoms with E-state index in [0.29, 0.717) is 21.4 Å². The Morgan fingerprint density at radius 3 is 2.74 bits per heavy atom. The summed E-state index contributed by atoms with van der Waals surface area (Å²) in [4.78, 5) is 17.0. The van der Waals surface area contributed by atoms with Crippen molar-refractivity contribution in [3.63, 3.8) is 0 Å². The van der Waals surface area contributed by atoms with Crippen LogP contribution < -0.4 is 0 Å². The molecule has 19 heavy (non-hydrogen) atoms. The van der Waals surface area contributed by atoms with Gasteiger partial charge in [-0.3, -0.25) is 5.10 Å². The molecule has 0 spiro atoms. The largest absolute Gasteiger partial charge is 0.478 e. The molecule has 0 saturated heterocycles. The van der Waals surface area contributed by atoms with Gasteiger partial charge in [0.05, 0.1) is 5.56 Å². The van der Waals surface area contributed by atoms with Gasteiger partial charge in [0, 0.05) is 9.79 Å². The minimum absolute atomic E-state index is 0.321. The zero-order valence-corrected chi connectivity index (χ0v) is 12.1. The van der Waals surface area contributed by atoms with Crippen LogP contribution in [0.15, 0.2) is 33.1 Å². The molecule has 1 aromatic heterocycles. The molecule has 7 heteroatoms. The van der Waals surface area contributed by atoms with Crippen LogP contribution in [-0.4, -0.2) is 32.0 Å². The van der Waals surface area contributed by atoms with Crippen LogP contribution in [0.4, 0.5) is 0 Å². The van der Waals surface area contributed by atoms with Crippen molar-refractivity contribution in [3.05, 3.63) is 29.6 Å². The first-order valence-corrected chi connectivity index (χ1v) is 7.48. The highest BCUT2D eigenvalue weighted by Gasteiger charge is 2.17. The first kappa shape index (κ1) is 14.0. The minimum Gasteiger partial charge on any atom is -0.478 e. The number of hydrogen-bond donors (Lipinski definition) is 2. The predicted octanol–water partition coefficient (Wildman–Crippen LogP) is 3.07. The lowest BCUT2D eigenvalue weighted by Gasteiger charge is -2.08. The molecular weight excluding hydrogens is 282 g/mol. The lowest BCUT2D eigenvalue weighted by molar-refractivity contribution is 0.0689. The Morgan fingerprint density at radius 1 is 1.42 bits per heavy atom. The molecule has 0 saturated carbocycles. The summed E-state index contributed by atoms with van der Waals surface area (Å²) in [5.74, 6) is 0.610. The third kappa shape index (κ3) is 3.30. The molecule has 0 aliphatic heterocycles. The Balaban J connectivity index is 2.38. The average molecular weight is 295 g/mol. The number of nitrogens with zero attached hydrogens (tertiary/aromatic N) is 2. The molecule has 1 heterocycles. The Morgan fingerprint density at radius 2 is 2.16 bits per heavy atom. The van der Waals surface area contributed by atoms with Crippen molar-refractivity contribution in [2.45, 2.75) is 28.8 Å². The zero-order chi connectivity index (χ0) is 13.8. The number of aromatic nitrogens is 3. The van der Waals surface area contributed by atoms with E-state index in [1.54, 1.807) is 13.0 Å². The van der Waals surface area contributed by atoms with Crippen LogP contribution in [0.1, 0.15) is 23.1 Å². The van der Waals surface area contributed by atoms with E-state index in [9.17, 15) is 9.90 Å². The molecule has 0 atom stereocenters. The first-order valence-electron chi connectivity index (χ1n) is 5.67. The van der Waals surface area contributed by atoms with Gasteiger partial charge in [0.2, 0.25) is 5.16 Å². The fourth-order valence-corrected chi connectivity index (χ4v) is 3.36. The molecule has 2 aromatic rings. The molecular formula is C12H13N3O2S2. The number of carboxylic acid groups (broad SMARTS) is 1. The summed E-state index contributed by atoms with van der Waals surface area (Å²) < 4.78 is 0. The number of carbonyl (C=O) groups is 1. The minimum atomic E-state index is -0.925. The summed E-state index contributed by atoms with van der Waals surface area (Å²) in [7, 11) is 0. The number of aromatic carboxylic acids is 1. The zero-order valence-electron chi connectivity index (χ0n) is 10.5. The van der Waals surface area contributed by atoms with E-state index in [1.807, 2.05) is 19.1 Å². The van der Waals surface area contributed by atoms with Crippen molar-refractivity contribution < 1.29 is 9.90 Å². The van der Waals surface area contributed by atoms with Crippen LogP contribution >= 0.6 is 23.5 Å². The van der Waals surface area contributed by atoms with E-state index in [4.69, 9.17) is 0 Å². The van der Waals surface area contributed by atoms with Gasteiger partial charge in [0.1, 0.15) is 5.82 Å². The summed E-state index contributed by atoms with van der Waals surface area (Å²) in [6.45, 7) is 3.80. The van der Waals surface area contributed by atoms with Crippen LogP contribution in [0, 0.1) is 6.92 Å². The quantitative estimate of drug-likeness (QED) is 0.825. The molecule has 0 bridgehead atoms. The number of aryl methyl sites for hydroxylation is 1. The van der Waals surface area contributed by atoms with E-state index in [2.05, 4.69) is 15.2 Å². The summed E-state index contributed by atoms with van der Waals surface area (Å²) in [6.07, 6.45) is 0. The normalized spacial score (nSPS) is 10.6. The Hall–Kier alpha value is -1.47. The maximum Gasteiger partial charge on any atom is 0.337 e. The van der Waals surface area contributed by atoms with Gasteiger partial charge in [-0.05, 0) is 36.6 Å². The molecule has 0 fully saturated rings. The average Bonchev–Trinajstić information content (AvgIpc) is 2.75. The van der Waals surface area contributed by atoms with Crippen LogP contribution in [0.5, 0.6) is 0 Å². The Kier molecular flexibility index (Phi) is 4.49. The second-order valence-corrected chi connectivity index (χ2v) is 5.99. The molecule has 5 nitrogen and oxygen atoms in total. The van der Waals surface area contributed by atoms with E-state index < -0.39 is 5.97 Å². The van der Waals surface area contributed by atoms with Gasteiger partial charge < -0.3 is 5.11 Å². The van der Waals surface area contributed by atoms with Crippen LogP contribution in [-0.2, 0) is 0 Å². The van der Waals surface area contributed by atoms with Crippen molar-refractivity contribution in [1.82, 2.24) is 15.2 Å². The van der Waals surface area contributed by atoms with Gasteiger partial charge >= 0.3 is 5.97 Å². The Bertz CT molecular complexity index is 598. The fraction of sp³-hybridized carbons (Fsp3) is 0.250. The highest BCUT2D eigenvalue weighted by atomic mass is 32.2. The standard InChI is InChI=1S/C12H13N3O2S2/c1-3-18-8-5-4-6-9(10(8)11(16)17)19-12-13-7(2)14-15-12/h4-6H,3H2,1-2H3,(H,16,17)(H,13,14,15). The molecule has 0 aliphatic carbocycles. The van der Waals surface area contributed by atoms with Gasteiger partial charge in [-0.25, -0.2) is 9.78 Å². The number of thioether (sulfide) groups is 1. The van der Waals surface area contributed by atoms with Gasteiger partial charge in [-0.15, -0.1) is 16.9 Å². The van der Waals surface area contributed by atoms with Crippen molar-refractivity contribution in [1.29, 1.82) is 0 Å². The number of carboxylic acids is 1. The number of hydrogen-bond acceptors (Lipinski definition) is 5. The molecule has 0 unspecified atom stereocenters. The van der Waals surface area contributed by atoms with E-state index in [1.165, 1.54) is 23.5 Å². The van der Waals surface area contributed by atoms with Gasteiger partial charge in [-0.1, -0.05) is 13.0 Å². The monoisotopic (exact) mass is 295 g/mol.